The second-order valence-corrected chi connectivity index (χ2v) is 5.73. The molecule has 2 aromatic carbocycles. The van der Waals surface area contributed by atoms with Crippen molar-refractivity contribution in [2.75, 3.05) is 10.6 Å². The molecule has 4 rings (SSSR count). The minimum atomic E-state index is -0.526. The molecule has 0 saturated carbocycles. The zero-order chi connectivity index (χ0) is 18.6. The Labute approximate surface area is 154 Å². The van der Waals surface area contributed by atoms with Crippen LogP contribution in [0.3, 0.4) is 0 Å². The van der Waals surface area contributed by atoms with Gasteiger partial charge in [0.1, 0.15) is 23.7 Å². The first kappa shape index (κ1) is 16.6. The minimum absolute atomic E-state index is 0.0916. The maximum atomic E-state index is 13.7. The summed E-state index contributed by atoms with van der Waals surface area (Å²) in [5, 5.41) is 6.63. The van der Waals surface area contributed by atoms with Crippen molar-refractivity contribution in [3.63, 3.8) is 0 Å². The maximum Gasteiger partial charge on any atom is 0.274 e. The van der Waals surface area contributed by atoms with Crippen LogP contribution < -0.4 is 10.6 Å². The van der Waals surface area contributed by atoms with Crippen LogP contribution in [-0.2, 0) is 0 Å². The van der Waals surface area contributed by atoms with Crippen LogP contribution in [0, 0.1) is 5.82 Å². The molecule has 27 heavy (non-hydrogen) atoms. The second-order valence-electron chi connectivity index (χ2n) is 5.73. The van der Waals surface area contributed by atoms with Gasteiger partial charge in [0, 0.05) is 17.6 Å². The highest BCUT2D eigenvalue weighted by Crippen LogP contribution is 2.24. The number of para-hydroxylation sites is 2. The fourth-order valence-corrected chi connectivity index (χ4v) is 2.64. The van der Waals surface area contributed by atoms with Crippen molar-refractivity contribution in [3.05, 3.63) is 84.7 Å². The highest BCUT2D eigenvalue weighted by atomic mass is 19.1. The van der Waals surface area contributed by atoms with E-state index < -0.39 is 11.7 Å². The Hall–Kier alpha value is -3.87. The SMILES string of the molecule is O=C(Nc1ccccc1F)c1cc(Nc2cccc3cccnc23)ncn1. The fourth-order valence-electron chi connectivity index (χ4n) is 2.64. The van der Waals surface area contributed by atoms with Crippen molar-refractivity contribution in [1.29, 1.82) is 0 Å². The quantitative estimate of drug-likeness (QED) is 0.572. The summed E-state index contributed by atoms with van der Waals surface area (Å²) in [6, 6.07) is 17.0. The van der Waals surface area contributed by atoms with E-state index >= 15 is 0 Å². The van der Waals surface area contributed by atoms with Crippen LogP contribution in [0.5, 0.6) is 0 Å². The third kappa shape index (κ3) is 3.57. The Morgan fingerprint density at radius 1 is 0.889 bits per heavy atom. The molecule has 2 aromatic heterocycles. The summed E-state index contributed by atoms with van der Waals surface area (Å²) in [5.74, 6) is -0.608. The van der Waals surface area contributed by atoms with Gasteiger partial charge in [0.2, 0.25) is 0 Å². The van der Waals surface area contributed by atoms with Crippen LogP contribution in [0.4, 0.5) is 21.6 Å². The first-order chi connectivity index (χ1) is 13.2. The number of carbonyl (C=O) groups is 1. The molecular weight excluding hydrogens is 345 g/mol. The van der Waals surface area contributed by atoms with Gasteiger partial charge in [-0.3, -0.25) is 9.78 Å². The van der Waals surface area contributed by atoms with E-state index in [1.807, 2.05) is 30.3 Å². The number of rotatable bonds is 4. The summed E-state index contributed by atoms with van der Waals surface area (Å²) in [4.78, 5) is 24.9. The molecule has 0 aliphatic heterocycles. The van der Waals surface area contributed by atoms with Crippen molar-refractivity contribution in [2.45, 2.75) is 0 Å². The topological polar surface area (TPSA) is 79.8 Å². The van der Waals surface area contributed by atoms with Crippen molar-refractivity contribution >= 4 is 34.0 Å². The molecule has 2 heterocycles. The Morgan fingerprint density at radius 2 is 1.70 bits per heavy atom. The maximum absolute atomic E-state index is 13.7. The van der Waals surface area contributed by atoms with Gasteiger partial charge in [-0.05, 0) is 24.3 Å². The van der Waals surface area contributed by atoms with E-state index in [2.05, 4.69) is 25.6 Å². The van der Waals surface area contributed by atoms with Gasteiger partial charge in [-0.2, -0.15) is 0 Å². The number of anilines is 3. The number of benzene rings is 2. The van der Waals surface area contributed by atoms with Gasteiger partial charge >= 0.3 is 0 Å². The van der Waals surface area contributed by atoms with Gasteiger partial charge in [0.05, 0.1) is 16.9 Å². The summed E-state index contributed by atoms with van der Waals surface area (Å²) >= 11 is 0. The molecule has 0 saturated heterocycles. The van der Waals surface area contributed by atoms with Crippen LogP contribution in [0.1, 0.15) is 10.5 Å². The molecule has 7 heteroatoms. The highest BCUT2D eigenvalue weighted by Gasteiger charge is 2.12. The normalized spacial score (nSPS) is 10.6. The summed E-state index contributed by atoms with van der Waals surface area (Å²) in [6.07, 6.45) is 2.98. The summed E-state index contributed by atoms with van der Waals surface area (Å²) in [6.45, 7) is 0. The number of nitrogens with one attached hydrogen (secondary N) is 2. The third-order valence-corrected chi connectivity index (χ3v) is 3.92. The average molecular weight is 359 g/mol. The van der Waals surface area contributed by atoms with Gasteiger partial charge in [-0.25, -0.2) is 14.4 Å². The molecule has 0 aliphatic rings. The van der Waals surface area contributed by atoms with Gasteiger partial charge < -0.3 is 10.6 Å². The van der Waals surface area contributed by atoms with E-state index in [4.69, 9.17) is 0 Å². The smallest absolute Gasteiger partial charge is 0.274 e. The molecule has 6 nitrogen and oxygen atoms in total. The molecule has 0 aliphatic carbocycles. The lowest BCUT2D eigenvalue weighted by Crippen LogP contribution is -2.15. The molecule has 0 spiro atoms. The molecule has 1 amide bonds. The lowest BCUT2D eigenvalue weighted by Gasteiger charge is -2.09. The number of nitrogens with zero attached hydrogens (tertiary/aromatic N) is 3. The van der Waals surface area contributed by atoms with E-state index in [1.54, 1.807) is 18.3 Å². The lowest BCUT2D eigenvalue weighted by molar-refractivity contribution is 0.102. The van der Waals surface area contributed by atoms with E-state index in [0.29, 0.717) is 5.82 Å². The monoisotopic (exact) mass is 359 g/mol. The first-order valence-corrected chi connectivity index (χ1v) is 8.19. The molecule has 132 valence electrons. The van der Waals surface area contributed by atoms with E-state index in [0.717, 1.165) is 16.6 Å². The molecule has 0 radical (unpaired) electrons. The van der Waals surface area contributed by atoms with Crippen molar-refractivity contribution in [3.8, 4) is 0 Å². The van der Waals surface area contributed by atoms with Crippen LogP contribution >= 0.6 is 0 Å². The molecule has 4 aromatic rings. The number of pyridine rings is 1. The Morgan fingerprint density at radius 3 is 2.59 bits per heavy atom. The second kappa shape index (κ2) is 7.17. The van der Waals surface area contributed by atoms with Crippen molar-refractivity contribution in [2.24, 2.45) is 0 Å². The Balaban J connectivity index is 1.59. The van der Waals surface area contributed by atoms with Gasteiger partial charge in [-0.1, -0.05) is 30.3 Å². The van der Waals surface area contributed by atoms with Crippen molar-refractivity contribution in [1.82, 2.24) is 15.0 Å². The lowest BCUT2D eigenvalue weighted by atomic mass is 10.2. The average Bonchev–Trinajstić information content (AvgIpc) is 2.70. The number of fused-ring (bicyclic) bond motifs is 1. The van der Waals surface area contributed by atoms with Crippen LogP contribution in [0.2, 0.25) is 0 Å². The number of carbonyl (C=O) groups excluding carboxylic acids is 1. The highest BCUT2D eigenvalue weighted by molar-refractivity contribution is 6.03. The summed E-state index contributed by atoms with van der Waals surface area (Å²) in [5.41, 5.74) is 1.75. The van der Waals surface area contributed by atoms with Crippen LogP contribution in [0.15, 0.2) is 73.2 Å². The van der Waals surface area contributed by atoms with Crippen LogP contribution in [-0.4, -0.2) is 20.9 Å². The number of amides is 1. The number of halogens is 1. The third-order valence-electron chi connectivity index (χ3n) is 3.92. The zero-order valence-corrected chi connectivity index (χ0v) is 14.1. The molecule has 0 atom stereocenters. The minimum Gasteiger partial charge on any atom is -0.338 e. The molecule has 2 N–H and O–H groups in total. The van der Waals surface area contributed by atoms with Gasteiger partial charge in [-0.15, -0.1) is 0 Å². The fraction of sp³-hybridized carbons (Fsp3) is 0. The molecule has 0 fully saturated rings. The number of aromatic nitrogens is 3. The van der Waals surface area contributed by atoms with E-state index in [1.165, 1.54) is 24.5 Å². The number of hydrogen-bond donors (Lipinski definition) is 2. The predicted molar refractivity (Wildman–Crippen MR) is 101 cm³/mol. The standard InChI is InChI=1S/C20H14FN5O/c21-14-7-1-2-8-15(14)26-20(27)17-11-18(24-12-23-17)25-16-9-3-5-13-6-4-10-22-19(13)16/h1-12H,(H,26,27)(H,23,24,25). The predicted octanol–water partition coefficient (Wildman–Crippen LogP) is 4.16. The summed E-state index contributed by atoms with van der Waals surface area (Å²) in [7, 11) is 0. The Bertz CT molecular complexity index is 1130. The van der Waals surface area contributed by atoms with E-state index in [-0.39, 0.29) is 11.4 Å². The number of hydrogen-bond acceptors (Lipinski definition) is 5. The molecular formula is C20H14FN5O. The van der Waals surface area contributed by atoms with Gasteiger partial charge in [0.15, 0.2) is 0 Å². The van der Waals surface area contributed by atoms with E-state index in [9.17, 15) is 9.18 Å². The van der Waals surface area contributed by atoms with Gasteiger partial charge in [0.25, 0.3) is 5.91 Å². The molecule has 0 bridgehead atoms. The largest absolute Gasteiger partial charge is 0.338 e. The summed E-state index contributed by atoms with van der Waals surface area (Å²) < 4.78 is 13.7. The van der Waals surface area contributed by atoms with Crippen molar-refractivity contribution < 1.29 is 9.18 Å². The van der Waals surface area contributed by atoms with Crippen LogP contribution in [0.25, 0.3) is 10.9 Å². The first-order valence-electron chi connectivity index (χ1n) is 8.19. The molecule has 0 unspecified atom stereocenters. The zero-order valence-electron chi connectivity index (χ0n) is 14.1. The Kier molecular flexibility index (Phi) is 4.40.